The maximum absolute atomic E-state index is 9.44. The van der Waals surface area contributed by atoms with Gasteiger partial charge in [-0.3, -0.25) is 10.1 Å². The van der Waals surface area contributed by atoms with Crippen molar-refractivity contribution in [3.63, 3.8) is 0 Å². The topological polar surface area (TPSA) is 55.2 Å². The minimum Gasteiger partial charge on any atom is -0.389 e. The van der Waals surface area contributed by atoms with Gasteiger partial charge < -0.3 is 5.32 Å². The molecule has 0 unspecified atom stereocenters. The molecule has 1 N–H and O–H groups in total. The number of nitrogens with one attached hydrogen (secondary N) is 1. The summed E-state index contributed by atoms with van der Waals surface area (Å²) in [5.41, 5.74) is 0. The van der Waals surface area contributed by atoms with Gasteiger partial charge in [-0.15, -0.1) is 0 Å². The van der Waals surface area contributed by atoms with Crippen LogP contribution in [0, 0.1) is 10.1 Å². The molecule has 0 heterocycles. The number of rotatable bonds is 2. The minimum absolute atomic E-state index is 0.531. The van der Waals surface area contributed by atoms with Crippen molar-refractivity contribution in [2.24, 2.45) is 0 Å². The summed E-state index contributed by atoms with van der Waals surface area (Å²) in [6.07, 6.45) is 2.08. The quantitative estimate of drug-likeness (QED) is 0.393. The van der Waals surface area contributed by atoms with Gasteiger partial charge in [-0.25, -0.2) is 0 Å². The molecule has 0 aromatic heterocycles. The van der Waals surface area contributed by atoms with E-state index in [1.54, 1.807) is 7.05 Å². The molecule has 0 aromatic carbocycles. The largest absolute Gasteiger partial charge is 0.389 e. The number of nitro groups is 1. The first kappa shape index (κ1) is 5.94. The molecular formula is C3H6N2O2. The van der Waals surface area contributed by atoms with E-state index >= 15 is 0 Å². The molecule has 40 valence electrons. The molecule has 7 heavy (non-hydrogen) atoms. The summed E-state index contributed by atoms with van der Waals surface area (Å²) in [6, 6.07) is 0. The molecule has 0 amide bonds. The highest BCUT2D eigenvalue weighted by molar-refractivity contribution is 4.64. The molecule has 0 fully saturated rings. The summed E-state index contributed by atoms with van der Waals surface area (Å²) in [7, 11) is 1.60. The van der Waals surface area contributed by atoms with E-state index < -0.39 is 4.92 Å². The average molecular weight is 102 g/mol. The lowest BCUT2D eigenvalue weighted by molar-refractivity contribution is -0.402. The van der Waals surface area contributed by atoms with Gasteiger partial charge in [-0.2, -0.15) is 0 Å². The number of hydrogen-bond donors (Lipinski definition) is 1. The molecule has 0 aromatic rings. The number of hydrogen-bond acceptors (Lipinski definition) is 3. The second-order valence-electron chi connectivity index (χ2n) is 0.890. The highest BCUT2D eigenvalue weighted by Gasteiger charge is 1.76. The molecule has 0 radical (unpaired) electrons. The van der Waals surface area contributed by atoms with E-state index in [1.807, 2.05) is 0 Å². The Kier molecular flexibility index (Phi) is 2.67. The van der Waals surface area contributed by atoms with E-state index in [1.165, 1.54) is 6.20 Å². The third-order valence-corrected chi connectivity index (χ3v) is 0.363. The Morgan fingerprint density at radius 3 is 2.57 bits per heavy atom. The Bertz CT molecular complexity index is 88.9. The van der Waals surface area contributed by atoms with E-state index in [2.05, 4.69) is 5.32 Å². The van der Waals surface area contributed by atoms with Crippen LogP contribution >= 0.6 is 0 Å². The summed E-state index contributed by atoms with van der Waals surface area (Å²) in [6.45, 7) is 0. The van der Waals surface area contributed by atoms with E-state index in [0.29, 0.717) is 0 Å². The van der Waals surface area contributed by atoms with Gasteiger partial charge in [0.15, 0.2) is 0 Å². The molecule has 0 aliphatic carbocycles. The zero-order valence-corrected chi connectivity index (χ0v) is 3.92. The van der Waals surface area contributed by atoms with Crippen molar-refractivity contribution < 1.29 is 4.92 Å². The van der Waals surface area contributed by atoms with Crippen LogP contribution in [0.3, 0.4) is 0 Å². The van der Waals surface area contributed by atoms with Crippen LogP contribution in [0.25, 0.3) is 0 Å². The smallest absolute Gasteiger partial charge is 0.249 e. The van der Waals surface area contributed by atoms with Crippen LogP contribution in [0.5, 0.6) is 0 Å². The normalized spacial score (nSPS) is 9.29. The van der Waals surface area contributed by atoms with E-state index in [4.69, 9.17) is 0 Å². The van der Waals surface area contributed by atoms with E-state index in [0.717, 1.165) is 6.20 Å². The zero-order valence-electron chi connectivity index (χ0n) is 3.92. The lowest BCUT2D eigenvalue weighted by Crippen LogP contribution is -1.94. The fourth-order valence-corrected chi connectivity index (χ4v) is 0.135. The predicted molar refractivity (Wildman–Crippen MR) is 25.2 cm³/mol. The van der Waals surface area contributed by atoms with Crippen molar-refractivity contribution in [1.29, 1.82) is 0 Å². The van der Waals surface area contributed by atoms with Crippen molar-refractivity contribution in [3.05, 3.63) is 22.5 Å². The SMILES string of the molecule is CN/C=C/[N+](=O)[O-]. The van der Waals surface area contributed by atoms with Gasteiger partial charge in [-0.05, 0) is 0 Å². The predicted octanol–water partition coefficient (Wildman–Crippen LogP) is -0.0463. The lowest BCUT2D eigenvalue weighted by atomic mass is 10.9. The van der Waals surface area contributed by atoms with Crippen LogP contribution in [-0.2, 0) is 0 Å². The highest BCUT2D eigenvalue weighted by atomic mass is 16.6. The Hall–Kier alpha value is -1.06. The Labute approximate surface area is 41.0 Å². The van der Waals surface area contributed by atoms with Crippen molar-refractivity contribution in [2.45, 2.75) is 0 Å². The fraction of sp³-hybridized carbons (Fsp3) is 0.333. The zero-order chi connectivity index (χ0) is 5.70. The van der Waals surface area contributed by atoms with E-state index in [-0.39, 0.29) is 0 Å². The van der Waals surface area contributed by atoms with Crippen molar-refractivity contribution in [1.82, 2.24) is 5.32 Å². The molecule has 0 atom stereocenters. The van der Waals surface area contributed by atoms with Gasteiger partial charge >= 0.3 is 0 Å². The van der Waals surface area contributed by atoms with Gasteiger partial charge in [0.2, 0.25) is 6.20 Å². The van der Waals surface area contributed by atoms with Gasteiger partial charge in [0.05, 0.1) is 11.1 Å². The fourth-order valence-electron chi connectivity index (χ4n) is 0.135. The standard InChI is InChI=1S/C3H6N2O2/c1-4-2-3-5(6)7/h2-4H,1H3/b3-2+. The maximum atomic E-state index is 9.44. The second kappa shape index (κ2) is 3.14. The molecule has 0 aliphatic rings. The second-order valence-corrected chi connectivity index (χ2v) is 0.890. The first-order valence-corrected chi connectivity index (χ1v) is 1.75. The molecule has 0 saturated heterocycles. The summed E-state index contributed by atoms with van der Waals surface area (Å²) >= 11 is 0. The van der Waals surface area contributed by atoms with Gasteiger partial charge in [0.1, 0.15) is 0 Å². The third kappa shape index (κ3) is 4.94. The molecular weight excluding hydrogens is 96.0 g/mol. The van der Waals surface area contributed by atoms with E-state index in [9.17, 15) is 10.1 Å². The lowest BCUT2D eigenvalue weighted by Gasteiger charge is -1.77. The molecule has 0 spiro atoms. The maximum Gasteiger partial charge on any atom is 0.249 e. The molecule has 4 heteroatoms. The summed E-state index contributed by atoms with van der Waals surface area (Å²) in [4.78, 5) is 8.91. The Balaban J connectivity index is 3.26. The first-order chi connectivity index (χ1) is 3.27. The van der Waals surface area contributed by atoms with Crippen molar-refractivity contribution in [3.8, 4) is 0 Å². The Morgan fingerprint density at radius 2 is 2.43 bits per heavy atom. The molecule has 0 saturated carbocycles. The molecule has 0 aliphatic heterocycles. The minimum atomic E-state index is -0.531. The molecule has 0 bridgehead atoms. The van der Waals surface area contributed by atoms with Crippen LogP contribution in [0.15, 0.2) is 12.4 Å². The first-order valence-electron chi connectivity index (χ1n) is 1.75. The third-order valence-electron chi connectivity index (χ3n) is 0.363. The highest BCUT2D eigenvalue weighted by Crippen LogP contribution is 1.65. The number of nitrogens with zero attached hydrogens (tertiary/aromatic N) is 1. The van der Waals surface area contributed by atoms with Gasteiger partial charge in [-0.1, -0.05) is 0 Å². The monoisotopic (exact) mass is 102 g/mol. The van der Waals surface area contributed by atoms with Crippen LogP contribution < -0.4 is 5.32 Å². The van der Waals surface area contributed by atoms with Gasteiger partial charge in [0.25, 0.3) is 0 Å². The summed E-state index contributed by atoms with van der Waals surface area (Å²) in [5, 5.41) is 11.9. The van der Waals surface area contributed by atoms with Gasteiger partial charge in [0, 0.05) is 7.05 Å². The Morgan fingerprint density at radius 1 is 1.86 bits per heavy atom. The van der Waals surface area contributed by atoms with Crippen molar-refractivity contribution in [2.75, 3.05) is 7.05 Å². The molecule has 4 nitrogen and oxygen atoms in total. The van der Waals surface area contributed by atoms with Crippen LogP contribution in [0.4, 0.5) is 0 Å². The summed E-state index contributed by atoms with van der Waals surface area (Å²) in [5.74, 6) is 0. The van der Waals surface area contributed by atoms with Crippen LogP contribution in [0.2, 0.25) is 0 Å². The molecule has 0 rings (SSSR count). The van der Waals surface area contributed by atoms with Crippen LogP contribution in [0.1, 0.15) is 0 Å². The van der Waals surface area contributed by atoms with Crippen LogP contribution in [-0.4, -0.2) is 12.0 Å². The summed E-state index contributed by atoms with van der Waals surface area (Å²) < 4.78 is 0. The average Bonchev–Trinajstić information content (AvgIpc) is 1.61. The van der Waals surface area contributed by atoms with Crippen molar-refractivity contribution >= 4 is 0 Å².